The van der Waals surface area contributed by atoms with Crippen LogP contribution >= 0.6 is 0 Å². The number of fused-ring (bicyclic) bond motifs is 1. The minimum atomic E-state index is -1.21. The molecule has 0 spiro atoms. The van der Waals surface area contributed by atoms with Crippen LogP contribution in [0.4, 0.5) is 5.95 Å². The molecule has 1 aliphatic heterocycles. The summed E-state index contributed by atoms with van der Waals surface area (Å²) in [5, 5.41) is 0. The van der Waals surface area contributed by atoms with Gasteiger partial charge in [-0.05, 0) is 0 Å². The minimum Gasteiger partial charge on any atom is -0.463 e. The minimum absolute atomic E-state index is 0.0365. The van der Waals surface area contributed by atoms with Gasteiger partial charge in [-0.15, -0.1) is 0 Å². The normalized spacial score (nSPS) is 23.3. The van der Waals surface area contributed by atoms with Gasteiger partial charge in [0.1, 0.15) is 12.7 Å². The molecule has 2 radical (unpaired) electrons. The van der Waals surface area contributed by atoms with Crippen molar-refractivity contribution < 1.29 is 33.3 Å². The number of ether oxygens (including phenoxy) is 4. The molecule has 0 aliphatic carbocycles. The highest BCUT2D eigenvalue weighted by atomic mass is 16.7. The first kappa shape index (κ1) is 21.3. The molecule has 3 heterocycles. The lowest BCUT2D eigenvalue weighted by molar-refractivity contribution is -0.166. The van der Waals surface area contributed by atoms with E-state index in [1.54, 1.807) is 0 Å². The molecular weight excluding hydrogens is 401 g/mol. The third-order valence-electron chi connectivity index (χ3n) is 4.19. The third kappa shape index (κ3) is 4.12. The zero-order valence-corrected chi connectivity index (χ0v) is 16.3. The van der Waals surface area contributed by atoms with E-state index in [2.05, 4.69) is 15.0 Å². The number of anilines is 1. The molecule has 13 nitrogen and oxygen atoms in total. The van der Waals surface area contributed by atoms with Crippen molar-refractivity contribution in [3.63, 3.8) is 0 Å². The smallest absolute Gasteiger partial charge is 0.303 e. The number of carbonyl (C=O) groups is 3. The maximum atomic E-state index is 12.1. The molecule has 0 bridgehead atoms. The Kier molecular flexibility index (Phi) is 5.78. The Balaban J connectivity index is 2.11. The Labute approximate surface area is 170 Å². The van der Waals surface area contributed by atoms with Gasteiger partial charge in [-0.3, -0.25) is 28.7 Å². The first-order valence-electron chi connectivity index (χ1n) is 8.75. The number of aromatic nitrogens is 4. The van der Waals surface area contributed by atoms with Crippen LogP contribution < -0.4 is 17.0 Å². The summed E-state index contributed by atoms with van der Waals surface area (Å²) in [6, 6.07) is 0. The van der Waals surface area contributed by atoms with Crippen LogP contribution in [0.2, 0.25) is 0 Å². The summed E-state index contributed by atoms with van der Waals surface area (Å²) in [6.45, 7) is 3.20. The second-order valence-corrected chi connectivity index (χ2v) is 6.48. The average Bonchev–Trinajstić information content (AvgIpc) is 3.10. The van der Waals surface area contributed by atoms with Gasteiger partial charge in [-0.2, -0.15) is 4.98 Å². The first-order chi connectivity index (χ1) is 14.1. The van der Waals surface area contributed by atoms with E-state index >= 15 is 0 Å². The molecule has 3 rings (SSSR count). The first-order valence-corrected chi connectivity index (χ1v) is 8.75. The lowest BCUT2D eigenvalue weighted by Gasteiger charge is -2.24. The van der Waals surface area contributed by atoms with Gasteiger partial charge in [0, 0.05) is 20.8 Å². The maximum absolute atomic E-state index is 12.1. The number of nitrogens with two attached hydrogens (primary N) is 1. The topological polar surface area (TPSA) is 178 Å². The predicted molar refractivity (Wildman–Crippen MR) is 99.6 cm³/mol. The van der Waals surface area contributed by atoms with Gasteiger partial charge in [0.05, 0.1) is 5.72 Å². The average molecular weight is 419 g/mol. The SMILES string of the molecule is [B]c1nc2c(=O)[nH]c(N)nc2n1[C@@H]1O[C@H](COC(C)=O)[C@@H](OC(C)=O)[C@H]1OC(C)=O. The molecule has 2 aromatic rings. The quantitative estimate of drug-likeness (QED) is 0.306. The zero-order chi connectivity index (χ0) is 22.2. The number of nitrogen functional groups attached to an aromatic ring is 1. The molecule has 4 atom stereocenters. The lowest BCUT2D eigenvalue weighted by atomic mass is 10.1. The second kappa shape index (κ2) is 8.14. The highest BCUT2D eigenvalue weighted by molar-refractivity contribution is 6.30. The molecule has 158 valence electrons. The summed E-state index contributed by atoms with van der Waals surface area (Å²) in [6.07, 6.45) is -4.58. The molecule has 1 fully saturated rings. The van der Waals surface area contributed by atoms with E-state index < -0.39 is 48.0 Å². The molecule has 3 N–H and O–H groups in total. The fourth-order valence-corrected chi connectivity index (χ4v) is 3.17. The number of hydrogen-bond donors (Lipinski definition) is 2. The van der Waals surface area contributed by atoms with Crippen LogP contribution in [-0.4, -0.2) is 70.2 Å². The molecule has 1 aliphatic rings. The Bertz CT molecular complexity index is 1070. The van der Waals surface area contributed by atoms with Crippen molar-refractivity contribution in [2.45, 2.75) is 45.3 Å². The van der Waals surface area contributed by atoms with Crippen molar-refractivity contribution in [3.05, 3.63) is 10.4 Å². The number of carbonyl (C=O) groups excluding carboxylic acids is 3. The highest BCUT2D eigenvalue weighted by Gasteiger charge is 2.51. The Morgan fingerprint density at radius 3 is 2.37 bits per heavy atom. The number of esters is 3. The Hall–Kier alpha value is -3.42. The number of imidazole rings is 1. The van der Waals surface area contributed by atoms with Crippen LogP contribution in [0.5, 0.6) is 0 Å². The van der Waals surface area contributed by atoms with E-state index in [0.717, 1.165) is 13.8 Å². The van der Waals surface area contributed by atoms with Crippen molar-refractivity contribution in [3.8, 4) is 0 Å². The number of hydrogen-bond acceptors (Lipinski definition) is 11. The van der Waals surface area contributed by atoms with Gasteiger partial charge in [0.25, 0.3) is 5.56 Å². The summed E-state index contributed by atoms with van der Waals surface area (Å²) >= 11 is 0. The predicted octanol–water partition coefficient (Wildman–Crippen LogP) is -2.18. The van der Waals surface area contributed by atoms with Crippen LogP contribution in [0.25, 0.3) is 11.2 Å². The van der Waals surface area contributed by atoms with Crippen molar-refractivity contribution in [1.82, 2.24) is 19.5 Å². The van der Waals surface area contributed by atoms with Gasteiger partial charge in [0.2, 0.25) is 5.95 Å². The van der Waals surface area contributed by atoms with Crippen LogP contribution in [0.3, 0.4) is 0 Å². The van der Waals surface area contributed by atoms with Gasteiger partial charge in [-0.25, -0.2) is 4.98 Å². The molecule has 0 saturated carbocycles. The Morgan fingerprint density at radius 2 is 1.77 bits per heavy atom. The Morgan fingerprint density at radius 1 is 1.13 bits per heavy atom. The van der Waals surface area contributed by atoms with Gasteiger partial charge < -0.3 is 24.7 Å². The highest BCUT2D eigenvalue weighted by Crippen LogP contribution is 2.35. The van der Waals surface area contributed by atoms with Gasteiger partial charge in [0.15, 0.2) is 37.4 Å². The second-order valence-electron chi connectivity index (χ2n) is 6.48. The molecule has 0 unspecified atom stereocenters. The number of nitrogens with zero attached hydrogens (tertiary/aromatic N) is 3. The molecular formula is C16H18BN5O8. The standard InChI is InChI=1S/C16H18BN5O8/c1-5(23)27-4-8-10(28-6(2)24)11(29-7(3)25)14(30-8)22-12-9(19-15(22)17)13(26)21-16(18)20-12/h8,10-11,14H,4H2,1-3H3,(H3,18,20,21,26)/t8-,10-,11-,14-/m1/s1. The third-order valence-corrected chi connectivity index (χ3v) is 4.19. The number of H-pyrrole nitrogens is 1. The van der Waals surface area contributed by atoms with Gasteiger partial charge in [-0.1, -0.05) is 0 Å². The monoisotopic (exact) mass is 419 g/mol. The fraction of sp³-hybridized carbons (Fsp3) is 0.500. The molecule has 14 heteroatoms. The summed E-state index contributed by atoms with van der Waals surface area (Å²) in [5.41, 5.74) is 4.62. The maximum Gasteiger partial charge on any atom is 0.303 e. The van der Waals surface area contributed by atoms with E-state index in [4.69, 9.17) is 32.5 Å². The van der Waals surface area contributed by atoms with Crippen LogP contribution in [-0.2, 0) is 33.3 Å². The van der Waals surface area contributed by atoms with E-state index in [1.165, 1.54) is 11.5 Å². The largest absolute Gasteiger partial charge is 0.463 e. The van der Waals surface area contributed by atoms with Crippen LogP contribution in [0.15, 0.2) is 4.79 Å². The zero-order valence-electron chi connectivity index (χ0n) is 16.3. The molecule has 30 heavy (non-hydrogen) atoms. The van der Waals surface area contributed by atoms with E-state index in [-0.39, 0.29) is 29.4 Å². The van der Waals surface area contributed by atoms with Crippen LogP contribution in [0, 0.1) is 0 Å². The number of nitrogens with one attached hydrogen (secondary N) is 1. The molecule has 2 aromatic heterocycles. The molecule has 0 aromatic carbocycles. The summed E-state index contributed by atoms with van der Waals surface area (Å²) < 4.78 is 22.6. The van der Waals surface area contributed by atoms with E-state index in [0.29, 0.717) is 0 Å². The van der Waals surface area contributed by atoms with Crippen molar-refractivity contribution in [2.24, 2.45) is 0 Å². The van der Waals surface area contributed by atoms with E-state index in [9.17, 15) is 19.2 Å². The van der Waals surface area contributed by atoms with Crippen molar-refractivity contribution in [1.29, 1.82) is 0 Å². The van der Waals surface area contributed by atoms with Crippen LogP contribution in [0.1, 0.15) is 27.0 Å². The molecule has 0 amide bonds. The van der Waals surface area contributed by atoms with Gasteiger partial charge >= 0.3 is 17.9 Å². The van der Waals surface area contributed by atoms with E-state index in [1.807, 2.05) is 0 Å². The summed E-state index contributed by atoms with van der Waals surface area (Å²) in [5.74, 6) is -2.19. The molecule has 1 saturated heterocycles. The summed E-state index contributed by atoms with van der Waals surface area (Å²) in [4.78, 5) is 57.0. The number of rotatable bonds is 5. The van der Waals surface area contributed by atoms with Crippen molar-refractivity contribution >= 4 is 48.6 Å². The fourth-order valence-electron chi connectivity index (χ4n) is 3.17. The van der Waals surface area contributed by atoms with Crippen molar-refractivity contribution in [2.75, 3.05) is 12.3 Å². The lowest BCUT2D eigenvalue weighted by Crippen LogP contribution is -2.41. The summed E-state index contributed by atoms with van der Waals surface area (Å²) in [7, 11) is 5.96. The number of aromatic amines is 1.